The third kappa shape index (κ3) is 6.97. The number of alkyl halides is 3. The Morgan fingerprint density at radius 3 is 2.44 bits per heavy atom. The molecule has 152 valence electrons. The van der Waals surface area contributed by atoms with Crippen molar-refractivity contribution in [2.75, 3.05) is 12.8 Å². The van der Waals surface area contributed by atoms with E-state index >= 15 is 0 Å². The monoisotopic (exact) mass is 426 g/mol. The summed E-state index contributed by atoms with van der Waals surface area (Å²) in [6.07, 6.45) is 3.24. The Morgan fingerprint density at radius 1 is 1.22 bits per heavy atom. The van der Waals surface area contributed by atoms with Crippen LogP contribution in [0.5, 0.6) is 0 Å². The number of hydrogen-bond acceptors (Lipinski definition) is 5. The molecule has 2 atom stereocenters. The third-order valence-corrected chi connectivity index (χ3v) is 7.02. The summed E-state index contributed by atoms with van der Waals surface area (Å²) in [5, 5.41) is 0. The van der Waals surface area contributed by atoms with E-state index in [2.05, 4.69) is 4.18 Å². The molecule has 1 aliphatic carbocycles. The Balaban J connectivity index is 1.79. The van der Waals surface area contributed by atoms with Gasteiger partial charge < -0.3 is 8.71 Å². The van der Waals surface area contributed by atoms with Gasteiger partial charge in [0.05, 0.1) is 6.61 Å². The van der Waals surface area contributed by atoms with E-state index in [0.717, 1.165) is 5.56 Å². The van der Waals surface area contributed by atoms with Gasteiger partial charge in [0, 0.05) is 19.2 Å². The Bertz CT molecular complexity index is 806. The minimum absolute atomic E-state index is 0.0961. The molecule has 2 unspecified atom stereocenters. The number of hydrogen-bond donors (Lipinski definition) is 0. The molecule has 10 heteroatoms. The fourth-order valence-electron chi connectivity index (χ4n) is 2.66. The van der Waals surface area contributed by atoms with Gasteiger partial charge >= 0.3 is 15.6 Å². The molecular weight excluding hydrogens is 404 g/mol. The molecule has 1 aliphatic rings. The van der Waals surface area contributed by atoms with Crippen molar-refractivity contribution in [1.82, 2.24) is 0 Å². The van der Waals surface area contributed by atoms with Crippen molar-refractivity contribution in [3.8, 4) is 0 Å². The molecule has 5 nitrogen and oxygen atoms in total. The maximum absolute atomic E-state index is 12.5. The summed E-state index contributed by atoms with van der Waals surface area (Å²) in [6.45, 7) is 1.82. The van der Waals surface area contributed by atoms with Crippen molar-refractivity contribution in [3.05, 3.63) is 47.7 Å². The van der Waals surface area contributed by atoms with Gasteiger partial charge in [-0.25, -0.2) is 0 Å². The van der Waals surface area contributed by atoms with E-state index in [0.29, 0.717) is 25.4 Å². The number of allylic oxidation sites excluding steroid dienone is 2. The molecule has 0 N–H and O–H groups in total. The largest absolute Gasteiger partial charge is 0.534 e. The molecule has 0 saturated carbocycles. The molecule has 1 aromatic carbocycles. The molecule has 2 rings (SSSR count). The Kier molecular flexibility index (Phi) is 7.16. The summed E-state index contributed by atoms with van der Waals surface area (Å²) < 4.78 is 81.2. The summed E-state index contributed by atoms with van der Waals surface area (Å²) in [4.78, 5) is 0. The third-order valence-electron chi connectivity index (χ3n) is 4.27. The van der Waals surface area contributed by atoms with E-state index < -0.39 is 23.0 Å². The summed E-state index contributed by atoms with van der Waals surface area (Å²) in [6, 6.07) is 9.37. The lowest BCUT2D eigenvalue weighted by Crippen LogP contribution is -2.26. The molecule has 1 aromatic rings. The topological polar surface area (TPSA) is 69.7 Å². The lowest BCUT2D eigenvalue weighted by Gasteiger charge is -2.23. The van der Waals surface area contributed by atoms with Crippen LogP contribution in [0, 0.1) is 5.92 Å². The van der Waals surface area contributed by atoms with E-state index in [1.165, 1.54) is 6.08 Å². The molecule has 0 saturated heterocycles. The molecular formula is C17H22F3O5PS. The van der Waals surface area contributed by atoms with Crippen molar-refractivity contribution in [2.45, 2.75) is 37.8 Å². The molecule has 0 aromatic heterocycles. The normalized spacial score (nSPS) is 20.6. The second-order valence-corrected chi connectivity index (χ2v) is 10.9. The Labute approximate surface area is 157 Å². The average Bonchev–Trinajstić information content (AvgIpc) is 2.59. The molecule has 0 spiro atoms. The molecule has 0 radical (unpaired) electrons. The standard InChI is InChI=1S/C17H22F3O5PS/c1-26(21,24-13-15-5-3-2-4-6-15)12-11-14-7-9-16(10-8-14)25-27(22,23)17(18,19)20/h2-6,9,14H,7-8,10-13H2,1H3. The second kappa shape index (κ2) is 8.80. The van der Waals surface area contributed by atoms with E-state index in [-0.39, 0.29) is 24.7 Å². The first-order valence-corrected chi connectivity index (χ1v) is 12.1. The maximum Gasteiger partial charge on any atom is 0.534 e. The van der Waals surface area contributed by atoms with Gasteiger partial charge in [-0.3, -0.25) is 4.57 Å². The highest BCUT2D eigenvalue weighted by Crippen LogP contribution is 2.46. The first-order valence-electron chi connectivity index (χ1n) is 8.43. The fraction of sp³-hybridized carbons (Fsp3) is 0.529. The molecule has 0 heterocycles. The first kappa shape index (κ1) is 22.0. The molecule has 0 bridgehead atoms. The van der Waals surface area contributed by atoms with Gasteiger partial charge in [-0.2, -0.15) is 21.6 Å². The highest BCUT2D eigenvalue weighted by atomic mass is 32.2. The highest BCUT2D eigenvalue weighted by molar-refractivity contribution is 7.87. The lowest BCUT2D eigenvalue weighted by atomic mass is 9.91. The van der Waals surface area contributed by atoms with Crippen LogP contribution in [0.4, 0.5) is 13.2 Å². The smallest absolute Gasteiger partial charge is 0.381 e. The zero-order chi connectivity index (χ0) is 20.1. The van der Waals surface area contributed by atoms with Crippen LogP contribution in [-0.4, -0.2) is 26.8 Å². The van der Waals surface area contributed by atoms with E-state index in [1.807, 2.05) is 30.3 Å². The van der Waals surface area contributed by atoms with Gasteiger partial charge in [-0.1, -0.05) is 30.3 Å². The maximum atomic E-state index is 12.5. The predicted octanol–water partition coefficient (Wildman–Crippen LogP) is 5.05. The lowest BCUT2D eigenvalue weighted by molar-refractivity contribution is -0.0524. The number of benzene rings is 1. The van der Waals surface area contributed by atoms with Gasteiger partial charge in [0.15, 0.2) is 0 Å². The zero-order valence-electron chi connectivity index (χ0n) is 14.8. The van der Waals surface area contributed by atoms with Crippen LogP contribution in [0.2, 0.25) is 0 Å². The van der Waals surface area contributed by atoms with Gasteiger partial charge in [0.1, 0.15) is 5.76 Å². The summed E-state index contributed by atoms with van der Waals surface area (Å²) in [5.74, 6) is -0.0943. The summed E-state index contributed by atoms with van der Waals surface area (Å²) >= 11 is 0. The van der Waals surface area contributed by atoms with E-state index in [9.17, 15) is 26.2 Å². The van der Waals surface area contributed by atoms with Gasteiger partial charge in [-0.15, -0.1) is 0 Å². The van der Waals surface area contributed by atoms with Crippen molar-refractivity contribution in [2.24, 2.45) is 5.92 Å². The highest BCUT2D eigenvalue weighted by Gasteiger charge is 2.48. The van der Waals surface area contributed by atoms with Crippen LogP contribution >= 0.6 is 7.37 Å². The van der Waals surface area contributed by atoms with Gasteiger partial charge in [0.2, 0.25) is 7.37 Å². The average molecular weight is 426 g/mol. The van der Waals surface area contributed by atoms with Gasteiger partial charge in [-0.05, 0) is 36.8 Å². The molecule has 0 amide bonds. The molecule has 27 heavy (non-hydrogen) atoms. The molecule has 0 aliphatic heterocycles. The van der Waals surface area contributed by atoms with Crippen molar-refractivity contribution >= 4 is 17.5 Å². The van der Waals surface area contributed by atoms with Gasteiger partial charge in [0.25, 0.3) is 0 Å². The second-order valence-electron chi connectivity index (χ2n) is 6.58. The van der Waals surface area contributed by atoms with Crippen molar-refractivity contribution in [3.63, 3.8) is 0 Å². The Hall–Kier alpha value is -1.31. The van der Waals surface area contributed by atoms with Crippen molar-refractivity contribution in [1.29, 1.82) is 0 Å². The fourth-order valence-corrected chi connectivity index (χ4v) is 4.57. The van der Waals surface area contributed by atoms with Crippen LogP contribution in [0.1, 0.15) is 31.2 Å². The number of rotatable bonds is 8. The first-order chi connectivity index (χ1) is 12.5. The number of halogens is 3. The minimum Gasteiger partial charge on any atom is -0.381 e. The van der Waals surface area contributed by atoms with E-state index in [1.54, 1.807) is 6.66 Å². The predicted molar refractivity (Wildman–Crippen MR) is 95.7 cm³/mol. The quantitative estimate of drug-likeness (QED) is 0.331. The van der Waals surface area contributed by atoms with Crippen LogP contribution in [0.25, 0.3) is 0 Å². The van der Waals surface area contributed by atoms with Crippen LogP contribution in [0.3, 0.4) is 0 Å². The van der Waals surface area contributed by atoms with Crippen LogP contribution < -0.4 is 0 Å². The SMILES string of the molecule is CP(=O)(CCC1CC=C(OS(=O)(=O)C(F)(F)F)CC1)OCc1ccccc1. The van der Waals surface area contributed by atoms with Crippen LogP contribution in [-0.2, 0) is 30.0 Å². The molecule has 0 fully saturated rings. The summed E-state index contributed by atoms with van der Waals surface area (Å²) in [7, 11) is -8.41. The van der Waals surface area contributed by atoms with Crippen LogP contribution in [0.15, 0.2) is 42.2 Å². The van der Waals surface area contributed by atoms with E-state index in [4.69, 9.17) is 4.52 Å². The Morgan fingerprint density at radius 2 is 1.89 bits per heavy atom. The minimum atomic E-state index is -5.62. The zero-order valence-corrected chi connectivity index (χ0v) is 16.5. The summed E-state index contributed by atoms with van der Waals surface area (Å²) in [5.41, 5.74) is -4.51. The van der Waals surface area contributed by atoms with Crippen molar-refractivity contribution < 1.29 is 34.9 Å².